The van der Waals surface area contributed by atoms with Gasteiger partial charge in [0, 0.05) is 12.4 Å². The van der Waals surface area contributed by atoms with Crippen LogP contribution in [0.25, 0.3) is 0 Å². The summed E-state index contributed by atoms with van der Waals surface area (Å²) >= 11 is 11.3. The molecule has 0 aliphatic rings. The van der Waals surface area contributed by atoms with Gasteiger partial charge in [-0.25, -0.2) is 0 Å². The van der Waals surface area contributed by atoms with Crippen molar-refractivity contribution in [2.24, 2.45) is 5.73 Å². The second-order valence-electron chi connectivity index (χ2n) is 1.89. The van der Waals surface area contributed by atoms with Gasteiger partial charge >= 0.3 is 0 Å². The van der Waals surface area contributed by atoms with Crippen LogP contribution in [0.3, 0.4) is 0 Å². The summed E-state index contributed by atoms with van der Waals surface area (Å²) in [5, 5.41) is 7.69. The molecular formula is C6H6Cl3N3. The van der Waals surface area contributed by atoms with Crippen molar-refractivity contribution in [1.29, 1.82) is 5.41 Å². The Kier molecular flexibility index (Phi) is 4.31. The van der Waals surface area contributed by atoms with E-state index in [9.17, 15) is 0 Å². The number of nitrogen functional groups attached to an aromatic ring is 1. The Morgan fingerprint density at radius 1 is 1.33 bits per heavy atom. The lowest BCUT2D eigenvalue weighted by atomic mass is 10.2. The first-order valence-electron chi connectivity index (χ1n) is 2.76. The van der Waals surface area contributed by atoms with E-state index in [-0.39, 0.29) is 18.2 Å². The van der Waals surface area contributed by atoms with E-state index in [2.05, 4.69) is 4.98 Å². The number of hydrogen-bond donors (Lipinski definition) is 2. The van der Waals surface area contributed by atoms with Crippen LogP contribution >= 0.6 is 35.6 Å². The number of hydrogen-bond acceptors (Lipinski definition) is 2. The molecule has 0 radical (unpaired) electrons. The van der Waals surface area contributed by atoms with Gasteiger partial charge < -0.3 is 5.73 Å². The van der Waals surface area contributed by atoms with Crippen molar-refractivity contribution >= 4 is 41.4 Å². The fourth-order valence-corrected chi connectivity index (χ4v) is 1.24. The molecule has 1 aromatic heterocycles. The highest BCUT2D eigenvalue weighted by Crippen LogP contribution is 2.21. The highest BCUT2D eigenvalue weighted by Gasteiger charge is 2.07. The van der Waals surface area contributed by atoms with E-state index >= 15 is 0 Å². The van der Waals surface area contributed by atoms with E-state index < -0.39 is 0 Å². The second-order valence-corrected chi connectivity index (χ2v) is 2.71. The third kappa shape index (κ3) is 2.24. The number of rotatable bonds is 1. The molecule has 1 aromatic rings. The molecule has 0 saturated carbocycles. The number of nitrogens with one attached hydrogen (secondary N) is 1. The van der Waals surface area contributed by atoms with Crippen LogP contribution in [0, 0.1) is 5.41 Å². The van der Waals surface area contributed by atoms with Crippen LogP contribution in [0.15, 0.2) is 12.4 Å². The first-order valence-corrected chi connectivity index (χ1v) is 3.52. The lowest BCUT2D eigenvalue weighted by Crippen LogP contribution is -2.12. The summed E-state index contributed by atoms with van der Waals surface area (Å²) in [7, 11) is 0. The molecule has 12 heavy (non-hydrogen) atoms. The molecule has 3 nitrogen and oxygen atoms in total. The topological polar surface area (TPSA) is 62.8 Å². The normalized spacial score (nSPS) is 8.83. The molecule has 0 bridgehead atoms. The van der Waals surface area contributed by atoms with E-state index in [0.29, 0.717) is 15.6 Å². The minimum absolute atomic E-state index is 0. The summed E-state index contributed by atoms with van der Waals surface area (Å²) in [5.41, 5.74) is 5.54. The molecule has 0 amide bonds. The third-order valence-corrected chi connectivity index (χ3v) is 1.70. The molecule has 0 aliphatic carbocycles. The van der Waals surface area contributed by atoms with Crippen LogP contribution in [-0.2, 0) is 0 Å². The summed E-state index contributed by atoms with van der Waals surface area (Å²) in [4.78, 5) is 3.71. The molecule has 3 N–H and O–H groups in total. The molecule has 0 aliphatic heterocycles. The summed E-state index contributed by atoms with van der Waals surface area (Å²) < 4.78 is 0. The lowest BCUT2D eigenvalue weighted by Gasteiger charge is -2.01. The van der Waals surface area contributed by atoms with Gasteiger partial charge in [0.15, 0.2) is 0 Å². The predicted octanol–water partition coefficient (Wildman–Crippen LogP) is 2.09. The van der Waals surface area contributed by atoms with Gasteiger partial charge in [0.05, 0.1) is 15.6 Å². The van der Waals surface area contributed by atoms with Gasteiger partial charge in [-0.1, -0.05) is 23.2 Å². The van der Waals surface area contributed by atoms with Gasteiger partial charge in [-0.15, -0.1) is 12.4 Å². The predicted molar refractivity (Wildman–Crippen MR) is 52.5 cm³/mol. The maximum Gasteiger partial charge on any atom is 0.125 e. The first kappa shape index (κ1) is 11.5. The van der Waals surface area contributed by atoms with E-state index in [4.69, 9.17) is 34.3 Å². The molecule has 0 aromatic carbocycles. The SMILES string of the molecule is Cl.N=C(N)c1c(Cl)cncc1Cl. The van der Waals surface area contributed by atoms with Crippen LogP contribution in [0.4, 0.5) is 0 Å². The summed E-state index contributed by atoms with van der Waals surface area (Å²) in [5.74, 6) is -0.151. The van der Waals surface area contributed by atoms with Crippen molar-refractivity contribution in [3.05, 3.63) is 28.0 Å². The standard InChI is InChI=1S/C6H5Cl2N3.ClH/c7-3-1-11-2-4(8)5(3)6(9)10;/h1-2H,(H3,9,10);1H. The average Bonchev–Trinajstić information content (AvgIpc) is 1.85. The van der Waals surface area contributed by atoms with Crippen LogP contribution in [0.5, 0.6) is 0 Å². The van der Waals surface area contributed by atoms with Gasteiger partial charge in [-0.05, 0) is 0 Å². The van der Waals surface area contributed by atoms with Crippen molar-refractivity contribution in [1.82, 2.24) is 4.98 Å². The number of halogens is 3. The van der Waals surface area contributed by atoms with Crippen molar-refractivity contribution in [2.75, 3.05) is 0 Å². The molecule has 0 spiro atoms. The summed E-state index contributed by atoms with van der Waals surface area (Å²) in [6.07, 6.45) is 2.79. The monoisotopic (exact) mass is 225 g/mol. The second kappa shape index (κ2) is 4.50. The Morgan fingerprint density at radius 3 is 2.00 bits per heavy atom. The van der Waals surface area contributed by atoms with Gasteiger partial charge in [0.25, 0.3) is 0 Å². The van der Waals surface area contributed by atoms with Crippen LogP contribution < -0.4 is 5.73 Å². The molecule has 6 heteroatoms. The number of amidine groups is 1. The van der Waals surface area contributed by atoms with Gasteiger partial charge in [-0.3, -0.25) is 10.4 Å². The molecular weight excluding hydrogens is 220 g/mol. The fourth-order valence-electron chi connectivity index (χ4n) is 0.669. The van der Waals surface area contributed by atoms with Crippen molar-refractivity contribution in [3.8, 4) is 0 Å². The Hall–Kier alpha value is -0.510. The highest BCUT2D eigenvalue weighted by molar-refractivity contribution is 6.39. The molecule has 0 atom stereocenters. The molecule has 0 fully saturated rings. The largest absolute Gasteiger partial charge is 0.384 e. The fraction of sp³-hybridized carbons (Fsp3) is 0. The molecule has 1 rings (SSSR count). The van der Waals surface area contributed by atoms with E-state index in [1.54, 1.807) is 0 Å². The third-order valence-electron chi connectivity index (χ3n) is 1.12. The lowest BCUT2D eigenvalue weighted by molar-refractivity contribution is 1.30. The number of aromatic nitrogens is 1. The average molecular weight is 226 g/mol. The first-order chi connectivity index (χ1) is 5.13. The Bertz CT molecular complexity index is 280. The smallest absolute Gasteiger partial charge is 0.125 e. The van der Waals surface area contributed by atoms with E-state index in [1.165, 1.54) is 12.4 Å². The maximum absolute atomic E-state index is 7.10. The summed E-state index contributed by atoms with van der Waals surface area (Å²) in [6.45, 7) is 0. The minimum Gasteiger partial charge on any atom is -0.384 e. The Labute approximate surface area is 85.8 Å². The Morgan fingerprint density at radius 2 is 1.75 bits per heavy atom. The zero-order valence-electron chi connectivity index (χ0n) is 5.84. The Balaban J connectivity index is 0.00000121. The van der Waals surface area contributed by atoms with Crippen molar-refractivity contribution in [3.63, 3.8) is 0 Å². The quantitative estimate of drug-likeness (QED) is 0.569. The number of nitrogens with two attached hydrogens (primary N) is 1. The summed E-state index contributed by atoms with van der Waals surface area (Å²) in [6, 6.07) is 0. The number of nitrogens with zero attached hydrogens (tertiary/aromatic N) is 1. The van der Waals surface area contributed by atoms with Crippen molar-refractivity contribution in [2.45, 2.75) is 0 Å². The van der Waals surface area contributed by atoms with Crippen LogP contribution in [0.1, 0.15) is 5.56 Å². The van der Waals surface area contributed by atoms with E-state index in [1.807, 2.05) is 0 Å². The molecule has 0 saturated heterocycles. The van der Waals surface area contributed by atoms with E-state index in [0.717, 1.165) is 0 Å². The van der Waals surface area contributed by atoms with Gasteiger partial charge in [0.1, 0.15) is 5.84 Å². The zero-order valence-corrected chi connectivity index (χ0v) is 8.17. The zero-order chi connectivity index (χ0) is 8.43. The minimum atomic E-state index is -0.151. The molecule has 0 unspecified atom stereocenters. The maximum atomic E-state index is 7.10. The van der Waals surface area contributed by atoms with Crippen LogP contribution in [0.2, 0.25) is 10.0 Å². The molecule has 66 valence electrons. The molecule has 1 heterocycles. The highest BCUT2D eigenvalue weighted by atomic mass is 35.5. The van der Waals surface area contributed by atoms with Gasteiger partial charge in [0.2, 0.25) is 0 Å². The van der Waals surface area contributed by atoms with Crippen molar-refractivity contribution < 1.29 is 0 Å². The van der Waals surface area contributed by atoms with Gasteiger partial charge in [-0.2, -0.15) is 0 Å². The van der Waals surface area contributed by atoms with Crippen LogP contribution in [-0.4, -0.2) is 10.8 Å². The number of pyridine rings is 1.